The lowest BCUT2D eigenvalue weighted by atomic mass is 10.0. The summed E-state index contributed by atoms with van der Waals surface area (Å²) in [6.45, 7) is 4.25. The molecule has 142 valence electrons. The molecule has 2 atom stereocenters. The van der Waals surface area contributed by atoms with Crippen LogP contribution in [0.3, 0.4) is 0 Å². The van der Waals surface area contributed by atoms with Crippen LogP contribution in [0, 0.1) is 17.3 Å². The van der Waals surface area contributed by atoms with E-state index in [1.54, 1.807) is 13.2 Å². The van der Waals surface area contributed by atoms with E-state index in [0.29, 0.717) is 0 Å². The van der Waals surface area contributed by atoms with Gasteiger partial charge in [0.2, 0.25) is 0 Å². The molecular formula is C22H22Cl2O3. The zero-order valence-electron chi connectivity index (χ0n) is 15.5. The fraction of sp³-hybridized carbons (Fsp3) is 0.318. The lowest BCUT2D eigenvalue weighted by Crippen LogP contribution is -2.10. The monoisotopic (exact) mass is 404 g/mol. The molecule has 0 aromatic heterocycles. The molecule has 1 aliphatic rings. The quantitative estimate of drug-likeness (QED) is 0.554. The van der Waals surface area contributed by atoms with Gasteiger partial charge in [0.25, 0.3) is 0 Å². The molecule has 0 heterocycles. The fourth-order valence-electron chi connectivity index (χ4n) is 3.53. The Bertz CT molecular complexity index is 869. The molecule has 1 fully saturated rings. The van der Waals surface area contributed by atoms with Gasteiger partial charge in [0, 0.05) is 5.56 Å². The number of esters is 1. The molecule has 2 aromatic carbocycles. The van der Waals surface area contributed by atoms with Crippen LogP contribution in [0.1, 0.15) is 19.4 Å². The molecule has 0 spiro atoms. The third-order valence-electron chi connectivity index (χ3n) is 5.20. The van der Waals surface area contributed by atoms with Crippen LogP contribution >= 0.6 is 23.2 Å². The van der Waals surface area contributed by atoms with Crippen molar-refractivity contribution in [1.29, 1.82) is 0 Å². The van der Waals surface area contributed by atoms with Crippen molar-refractivity contribution in [2.45, 2.75) is 20.5 Å². The summed E-state index contributed by atoms with van der Waals surface area (Å²) in [5.74, 6) is 0.370. The molecule has 0 radical (unpaired) electrons. The third kappa shape index (κ3) is 4.31. The van der Waals surface area contributed by atoms with E-state index in [4.69, 9.17) is 32.7 Å². The maximum Gasteiger partial charge on any atom is 0.310 e. The van der Waals surface area contributed by atoms with Gasteiger partial charge in [-0.25, -0.2) is 0 Å². The maximum atomic E-state index is 12.5. The van der Waals surface area contributed by atoms with Gasteiger partial charge in [-0.15, -0.1) is 0 Å². The summed E-state index contributed by atoms with van der Waals surface area (Å²) >= 11 is 11.5. The minimum absolute atomic E-state index is 0.00918. The number of para-hydroxylation sites is 1. The summed E-state index contributed by atoms with van der Waals surface area (Å²) < 4.78 is 11.2. The lowest BCUT2D eigenvalue weighted by molar-refractivity contribution is -0.147. The Hall–Kier alpha value is -1.97. The summed E-state index contributed by atoms with van der Waals surface area (Å²) in [5.41, 5.74) is 2.75. The standard InChI is InChI=1S/C22H22Cl2O3/c1-22(2)17(12-19(23)24)20(22)21(25)27-13-14-7-6-8-15(11-14)16-9-4-5-10-18(16)26-3/h4-12,17,20H,13H2,1-3H3/t17-,20-/m0/s1. The van der Waals surface area contributed by atoms with E-state index in [0.717, 1.165) is 22.4 Å². The van der Waals surface area contributed by atoms with Crippen LogP contribution in [0.2, 0.25) is 0 Å². The Kier molecular flexibility index (Phi) is 5.83. The van der Waals surface area contributed by atoms with Crippen LogP contribution in [-0.4, -0.2) is 13.1 Å². The minimum Gasteiger partial charge on any atom is -0.496 e. The highest BCUT2D eigenvalue weighted by atomic mass is 35.5. The summed E-state index contributed by atoms with van der Waals surface area (Å²) in [6.07, 6.45) is 1.72. The Balaban J connectivity index is 1.69. The molecule has 1 saturated carbocycles. The predicted octanol–water partition coefficient (Wildman–Crippen LogP) is 6.00. The number of rotatable bonds is 6. The number of ether oxygens (including phenoxy) is 2. The number of allylic oxidation sites excluding steroid dienone is 1. The molecule has 0 amide bonds. The van der Waals surface area contributed by atoms with Gasteiger partial charge in [0.15, 0.2) is 0 Å². The smallest absolute Gasteiger partial charge is 0.310 e. The average Bonchev–Trinajstić information content (AvgIpc) is 3.19. The number of carbonyl (C=O) groups is 1. The SMILES string of the molecule is COc1ccccc1-c1cccc(COC(=O)[C@@H]2[C@H](C=C(Cl)Cl)C2(C)C)c1. The van der Waals surface area contributed by atoms with Gasteiger partial charge in [-0.2, -0.15) is 0 Å². The molecule has 27 heavy (non-hydrogen) atoms. The first-order chi connectivity index (χ1) is 12.8. The van der Waals surface area contributed by atoms with Crippen LogP contribution in [0.5, 0.6) is 5.75 Å². The summed E-state index contributed by atoms with van der Waals surface area (Å²) in [6, 6.07) is 15.7. The molecule has 5 heteroatoms. The first-order valence-electron chi connectivity index (χ1n) is 8.76. The van der Waals surface area contributed by atoms with E-state index in [1.807, 2.05) is 62.4 Å². The number of carbonyl (C=O) groups excluding carboxylic acids is 1. The highest BCUT2D eigenvalue weighted by Crippen LogP contribution is 2.60. The highest BCUT2D eigenvalue weighted by Gasteiger charge is 2.61. The number of hydrogen-bond acceptors (Lipinski definition) is 3. The van der Waals surface area contributed by atoms with Crippen molar-refractivity contribution < 1.29 is 14.3 Å². The van der Waals surface area contributed by atoms with Gasteiger partial charge in [-0.05, 0) is 40.7 Å². The number of methoxy groups -OCH3 is 1. The van der Waals surface area contributed by atoms with Crippen molar-refractivity contribution in [3.05, 3.63) is 64.7 Å². The van der Waals surface area contributed by atoms with Gasteiger partial charge in [0.1, 0.15) is 16.8 Å². The average molecular weight is 405 g/mol. The largest absolute Gasteiger partial charge is 0.496 e. The van der Waals surface area contributed by atoms with E-state index in [-0.39, 0.29) is 34.3 Å². The van der Waals surface area contributed by atoms with Crippen LogP contribution in [0.4, 0.5) is 0 Å². The number of hydrogen-bond donors (Lipinski definition) is 0. The Morgan fingerprint density at radius 2 is 1.89 bits per heavy atom. The van der Waals surface area contributed by atoms with E-state index >= 15 is 0 Å². The molecule has 0 N–H and O–H groups in total. The van der Waals surface area contributed by atoms with Crippen molar-refractivity contribution in [2.24, 2.45) is 17.3 Å². The zero-order chi connectivity index (χ0) is 19.6. The first kappa shape index (κ1) is 19.8. The minimum atomic E-state index is -0.224. The van der Waals surface area contributed by atoms with Crippen LogP contribution in [0.15, 0.2) is 59.1 Å². The zero-order valence-corrected chi connectivity index (χ0v) is 17.1. The van der Waals surface area contributed by atoms with Crippen molar-refractivity contribution in [1.82, 2.24) is 0 Å². The van der Waals surface area contributed by atoms with Gasteiger partial charge >= 0.3 is 5.97 Å². The van der Waals surface area contributed by atoms with Crippen molar-refractivity contribution in [3.8, 4) is 16.9 Å². The molecule has 2 aromatic rings. The Morgan fingerprint density at radius 3 is 2.59 bits per heavy atom. The van der Waals surface area contributed by atoms with E-state index in [9.17, 15) is 4.79 Å². The topological polar surface area (TPSA) is 35.5 Å². The van der Waals surface area contributed by atoms with E-state index in [2.05, 4.69) is 0 Å². The van der Waals surface area contributed by atoms with Gasteiger partial charge in [-0.1, -0.05) is 73.4 Å². The maximum absolute atomic E-state index is 12.5. The first-order valence-corrected chi connectivity index (χ1v) is 9.52. The summed E-state index contributed by atoms with van der Waals surface area (Å²) in [4.78, 5) is 12.5. The predicted molar refractivity (Wildman–Crippen MR) is 109 cm³/mol. The number of benzene rings is 2. The summed E-state index contributed by atoms with van der Waals surface area (Å²) in [7, 11) is 1.65. The van der Waals surface area contributed by atoms with Gasteiger partial charge in [-0.3, -0.25) is 4.79 Å². The van der Waals surface area contributed by atoms with Crippen molar-refractivity contribution in [2.75, 3.05) is 7.11 Å². The third-order valence-corrected chi connectivity index (χ3v) is 5.45. The van der Waals surface area contributed by atoms with Gasteiger partial charge < -0.3 is 9.47 Å². The van der Waals surface area contributed by atoms with E-state index in [1.165, 1.54) is 0 Å². The lowest BCUT2D eigenvalue weighted by Gasteiger charge is -2.10. The molecule has 0 saturated heterocycles. The number of halogens is 2. The molecule has 0 aliphatic heterocycles. The van der Waals surface area contributed by atoms with Crippen LogP contribution in [-0.2, 0) is 16.1 Å². The molecule has 0 bridgehead atoms. The Morgan fingerprint density at radius 1 is 1.15 bits per heavy atom. The summed E-state index contributed by atoms with van der Waals surface area (Å²) in [5, 5.41) is 0. The molecule has 1 aliphatic carbocycles. The Labute approximate surface area is 169 Å². The second-order valence-corrected chi connectivity index (χ2v) is 8.30. The van der Waals surface area contributed by atoms with E-state index < -0.39 is 0 Å². The van der Waals surface area contributed by atoms with Crippen LogP contribution in [0.25, 0.3) is 11.1 Å². The fourth-order valence-corrected chi connectivity index (χ4v) is 3.80. The van der Waals surface area contributed by atoms with Crippen LogP contribution < -0.4 is 4.74 Å². The van der Waals surface area contributed by atoms with Gasteiger partial charge in [0.05, 0.1) is 13.0 Å². The second-order valence-electron chi connectivity index (χ2n) is 7.29. The molecule has 3 rings (SSSR count). The molecule has 0 unspecified atom stereocenters. The van der Waals surface area contributed by atoms with Crippen molar-refractivity contribution in [3.63, 3.8) is 0 Å². The highest BCUT2D eigenvalue weighted by molar-refractivity contribution is 6.55. The molecular weight excluding hydrogens is 383 g/mol. The van der Waals surface area contributed by atoms with Crippen molar-refractivity contribution >= 4 is 29.2 Å². The molecule has 3 nitrogen and oxygen atoms in total. The normalized spacial score (nSPS) is 19.9. The second kappa shape index (κ2) is 7.95.